The van der Waals surface area contributed by atoms with Gasteiger partial charge in [-0.25, -0.2) is 9.59 Å². The van der Waals surface area contributed by atoms with Gasteiger partial charge < -0.3 is 10.8 Å². The van der Waals surface area contributed by atoms with Crippen LogP contribution in [0.25, 0.3) is 21.9 Å². The summed E-state index contributed by atoms with van der Waals surface area (Å²) >= 11 is 0. The van der Waals surface area contributed by atoms with Crippen LogP contribution in [-0.4, -0.2) is 35.2 Å². The van der Waals surface area contributed by atoms with Crippen LogP contribution in [-0.2, 0) is 4.79 Å². The van der Waals surface area contributed by atoms with Crippen molar-refractivity contribution in [2.75, 3.05) is 11.4 Å². The molecule has 1 heterocycles. The van der Waals surface area contributed by atoms with E-state index in [1.54, 1.807) is 12.1 Å². The van der Waals surface area contributed by atoms with Crippen molar-refractivity contribution < 1.29 is 14.7 Å². The summed E-state index contributed by atoms with van der Waals surface area (Å²) in [5.74, 6) is -1.15. The van der Waals surface area contributed by atoms with Crippen LogP contribution in [0.15, 0.2) is 65.7 Å². The van der Waals surface area contributed by atoms with E-state index in [0.29, 0.717) is 11.3 Å². The van der Waals surface area contributed by atoms with Crippen molar-refractivity contribution in [2.45, 2.75) is 0 Å². The largest absolute Gasteiger partial charge is 0.477 e. The summed E-state index contributed by atoms with van der Waals surface area (Å²) in [5, 5.41) is 18.6. The third-order valence-electron chi connectivity index (χ3n) is 4.68. The lowest BCUT2D eigenvalue weighted by Gasteiger charge is -2.15. The summed E-state index contributed by atoms with van der Waals surface area (Å²) in [6.45, 7) is -0.0397. The first kappa shape index (κ1) is 17.4. The van der Waals surface area contributed by atoms with Crippen LogP contribution in [0, 0.1) is 5.41 Å². The Morgan fingerprint density at radius 1 is 1.00 bits per heavy atom. The lowest BCUT2D eigenvalue weighted by atomic mass is 9.99. The maximum atomic E-state index is 11.9. The summed E-state index contributed by atoms with van der Waals surface area (Å²) in [6.07, 6.45) is 0. The summed E-state index contributed by atoms with van der Waals surface area (Å²) in [7, 11) is 0. The maximum absolute atomic E-state index is 11.9. The third kappa shape index (κ3) is 3.09. The van der Waals surface area contributed by atoms with Gasteiger partial charge in [-0.2, -0.15) is 4.99 Å². The number of nitrogen functional groups attached to an aromatic ring is 1. The van der Waals surface area contributed by atoms with Gasteiger partial charge in [-0.05, 0) is 46.2 Å². The molecule has 3 aromatic rings. The molecule has 4 N–H and O–H groups in total. The second kappa shape index (κ2) is 6.62. The number of aliphatic carboxylic acids is 1. The van der Waals surface area contributed by atoms with E-state index in [1.165, 1.54) is 4.90 Å². The number of benzene rings is 3. The molecule has 3 aromatic carbocycles. The Kier molecular flexibility index (Phi) is 4.12. The molecule has 0 radical (unpaired) electrons. The van der Waals surface area contributed by atoms with Crippen molar-refractivity contribution in [1.29, 1.82) is 5.41 Å². The number of amides is 2. The van der Waals surface area contributed by atoms with Crippen LogP contribution in [0.4, 0.5) is 10.5 Å². The number of fused-ring (bicyclic) bond motifs is 1. The molecule has 28 heavy (non-hydrogen) atoms. The molecule has 0 saturated heterocycles. The Bertz CT molecular complexity index is 1170. The molecule has 0 aliphatic carbocycles. The molecule has 138 valence electrons. The van der Waals surface area contributed by atoms with Crippen molar-refractivity contribution in [3.63, 3.8) is 0 Å². The number of carbonyl (C=O) groups is 2. The first-order valence-corrected chi connectivity index (χ1v) is 8.53. The lowest BCUT2D eigenvalue weighted by molar-refractivity contribution is -0.129. The van der Waals surface area contributed by atoms with Gasteiger partial charge in [-0.15, -0.1) is 0 Å². The van der Waals surface area contributed by atoms with Crippen LogP contribution in [0.2, 0.25) is 0 Å². The molecule has 0 spiro atoms. The Labute approximate surface area is 160 Å². The van der Waals surface area contributed by atoms with E-state index in [9.17, 15) is 9.59 Å². The summed E-state index contributed by atoms with van der Waals surface area (Å²) in [4.78, 5) is 27.8. The van der Waals surface area contributed by atoms with E-state index in [4.69, 9.17) is 16.2 Å². The minimum atomic E-state index is -1.18. The predicted octanol–water partition coefficient (Wildman–Crippen LogP) is 3.26. The quantitative estimate of drug-likeness (QED) is 0.481. The fourth-order valence-corrected chi connectivity index (χ4v) is 3.17. The van der Waals surface area contributed by atoms with E-state index >= 15 is 0 Å². The van der Waals surface area contributed by atoms with Crippen LogP contribution < -0.4 is 10.6 Å². The van der Waals surface area contributed by atoms with E-state index in [-0.39, 0.29) is 18.1 Å². The van der Waals surface area contributed by atoms with Gasteiger partial charge in [0.2, 0.25) is 0 Å². The van der Waals surface area contributed by atoms with Crippen molar-refractivity contribution in [3.8, 4) is 11.1 Å². The number of carboxylic acids is 1. The number of carboxylic acid groups (broad SMARTS) is 1. The molecule has 0 atom stereocenters. The van der Waals surface area contributed by atoms with Gasteiger partial charge in [-0.1, -0.05) is 36.4 Å². The number of rotatable bonds is 4. The second-order valence-electron chi connectivity index (χ2n) is 6.47. The summed E-state index contributed by atoms with van der Waals surface area (Å²) in [6, 6.07) is 18.4. The monoisotopic (exact) mass is 372 g/mol. The number of carbonyl (C=O) groups excluding carboxylic acids is 1. The normalized spacial score (nSPS) is 13.6. The van der Waals surface area contributed by atoms with E-state index < -0.39 is 12.0 Å². The van der Waals surface area contributed by atoms with Gasteiger partial charge in [0.1, 0.15) is 5.84 Å². The summed E-state index contributed by atoms with van der Waals surface area (Å²) in [5.41, 5.74) is 8.63. The number of nitrogens with two attached hydrogens (primary N) is 1. The topological polar surface area (TPSA) is 120 Å². The molecule has 7 heteroatoms. The summed E-state index contributed by atoms with van der Waals surface area (Å²) < 4.78 is 0. The highest BCUT2D eigenvalue weighted by Gasteiger charge is 2.28. The average molecular weight is 372 g/mol. The standard InChI is InChI=1S/C21H16N4O3/c22-19(23)16-4-3-14-9-13(1-2-15(14)10-16)12-5-7-17(8-6-12)25-11-18(20(26)27)24-21(25)28/h1-10H,11H2,(H3,22,23)(H,26,27). The zero-order valence-corrected chi connectivity index (χ0v) is 14.7. The smallest absolute Gasteiger partial charge is 0.352 e. The Balaban J connectivity index is 1.60. The molecule has 4 rings (SSSR count). The van der Waals surface area contributed by atoms with E-state index in [2.05, 4.69) is 4.99 Å². The minimum Gasteiger partial charge on any atom is -0.477 e. The number of hydrogen-bond acceptors (Lipinski definition) is 3. The SMILES string of the molecule is N=C(N)c1ccc2cc(-c3ccc(N4CC(C(=O)O)=NC4=O)cc3)ccc2c1. The average Bonchev–Trinajstić information content (AvgIpc) is 3.09. The predicted molar refractivity (Wildman–Crippen MR) is 108 cm³/mol. The fourth-order valence-electron chi connectivity index (χ4n) is 3.17. The number of aliphatic imine (C=N–C) groups is 1. The molecule has 0 aromatic heterocycles. The van der Waals surface area contributed by atoms with Gasteiger partial charge in [0.15, 0.2) is 5.71 Å². The highest BCUT2D eigenvalue weighted by Crippen LogP contribution is 2.28. The van der Waals surface area contributed by atoms with Gasteiger partial charge in [0.25, 0.3) is 0 Å². The van der Waals surface area contributed by atoms with Crippen molar-refractivity contribution >= 4 is 40.0 Å². The molecule has 2 amide bonds. The molecular formula is C21H16N4O3. The third-order valence-corrected chi connectivity index (χ3v) is 4.68. The Hall–Kier alpha value is -4.00. The van der Waals surface area contributed by atoms with E-state index in [1.807, 2.05) is 48.5 Å². The Morgan fingerprint density at radius 3 is 2.29 bits per heavy atom. The van der Waals surface area contributed by atoms with Crippen LogP contribution in [0.3, 0.4) is 0 Å². The number of urea groups is 1. The number of amidine groups is 1. The fraction of sp³-hybridized carbons (Fsp3) is 0.0476. The zero-order valence-electron chi connectivity index (χ0n) is 14.7. The van der Waals surface area contributed by atoms with Gasteiger partial charge in [0, 0.05) is 11.3 Å². The number of nitrogens with zero attached hydrogens (tertiary/aromatic N) is 2. The molecule has 0 bridgehead atoms. The molecule has 7 nitrogen and oxygen atoms in total. The highest BCUT2D eigenvalue weighted by molar-refractivity contribution is 6.41. The van der Waals surface area contributed by atoms with Gasteiger partial charge in [0.05, 0.1) is 6.54 Å². The lowest BCUT2D eigenvalue weighted by Crippen LogP contribution is -2.28. The number of nitrogens with one attached hydrogen (secondary N) is 1. The van der Waals surface area contributed by atoms with Crippen molar-refractivity contribution in [2.24, 2.45) is 10.7 Å². The molecule has 0 fully saturated rings. The van der Waals surface area contributed by atoms with Crippen LogP contribution in [0.1, 0.15) is 5.56 Å². The number of hydrogen-bond donors (Lipinski definition) is 3. The van der Waals surface area contributed by atoms with Crippen molar-refractivity contribution in [3.05, 3.63) is 66.2 Å². The number of anilines is 1. The highest BCUT2D eigenvalue weighted by atomic mass is 16.4. The van der Waals surface area contributed by atoms with Gasteiger partial charge >= 0.3 is 12.0 Å². The second-order valence-corrected chi connectivity index (χ2v) is 6.47. The van der Waals surface area contributed by atoms with Gasteiger partial charge in [-0.3, -0.25) is 10.3 Å². The van der Waals surface area contributed by atoms with Crippen molar-refractivity contribution in [1.82, 2.24) is 0 Å². The maximum Gasteiger partial charge on any atom is 0.352 e. The molecule has 0 saturated carbocycles. The first-order valence-electron chi connectivity index (χ1n) is 8.53. The molecular weight excluding hydrogens is 356 g/mol. The molecule has 1 aliphatic heterocycles. The zero-order chi connectivity index (χ0) is 19.8. The van der Waals surface area contributed by atoms with Crippen LogP contribution >= 0.6 is 0 Å². The molecule has 0 unspecified atom stereocenters. The minimum absolute atomic E-state index is 0.0352. The Morgan fingerprint density at radius 2 is 1.64 bits per heavy atom. The van der Waals surface area contributed by atoms with Crippen LogP contribution in [0.5, 0.6) is 0 Å². The molecule has 1 aliphatic rings. The first-order chi connectivity index (χ1) is 13.4. The van der Waals surface area contributed by atoms with E-state index in [0.717, 1.165) is 21.9 Å².